The molecule has 1 aliphatic rings. The monoisotopic (exact) mass is 402 g/mol. The van der Waals surface area contributed by atoms with Crippen LogP contribution in [0.1, 0.15) is 31.7 Å². The molecule has 0 aromatic heterocycles. The number of rotatable bonds is 6. The van der Waals surface area contributed by atoms with Crippen molar-refractivity contribution in [3.05, 3.63) is 54.1 Å². The van der Waals surface area contributed by atoms with E-state index in [1.807, 2.05) is 31.2 Å². The Morgan fingerprint density at radius 3 is 2.43 bits per heavy atom. The summed E-state index contributed by atoms with van der Waals surface area (Å²) >= 11 is 0. The highest BCUT2D eigenvalue weighted by molar-refractivity contribution is 7.89. The largest absolute Gasteiger partial charge is 0.481 e. The molecule has 0 bridgehead atoms. The molecule has 1 aliphatic heterocycles. The second-order valence-electron chi connectivity index (χ2n) is 7.05. The minimum absolute atomic E-state index is 0.194. The van der Waals surface area contributed by atoms with E-state index in [1.165, 1.54) is 10.4 Å². The van der Waals surface area contributed by atoms with Crippen LogP contribution in [-0.2, 0) is 14.8 Å². The summed E-state index contributed by atoms with van der Waals surface area (Å²) in [5.74, 6) is 0.266. The smallest absolute Gasteiger partial charge is 0.265 e. The standard InChI is InChI=1S/C21H26N2O4S/c1-16-9-11-19(12-10-16)27-17(2)21(24)22-18-7-6-8-20(15-18)28(25,26)23-13-4-3-5-14-23/h6-12,15,17H,3-5,13-14H2,1-2H3,(H,22,24)/t17-/m1/s1. The highest BCUT2D eigenvalue weighted by Crippen LogP contribution is 2.23. The molecule has 1 amide bonds. The van der Waals surface area contributed by atoms with Gasteiger partial charge in [0.25, 0.3) is 5.91 Å². The van der Waals surface area contributed by atoms with Gasteiger partial charge in [-0.3, -0.25) is 4.79 Å². The van der Waals surface area contributed by atoms with Crippen LogP contribution < -0.4 is 10.1 Å². The maximum atomic E-state index is 12.8. The van der Waals surface area contributed by atoms with E-state index in [4.69, 9.17) is 4.74 Å². The van der Waals surface area contributed by atoms with Crippen molar-refractivity contribution in [1.82, 2.24) is 4.31 Å². The number of hydrogen-bond acceptors (Lipinski definition) is 4. The third-order valence-electron chi connectivity index (χ3n) is 4.76. The Labute approximate surface area is 166 Å². The summed E-state index contributed by atoms with van der Waals surface area (Å²) in [5, 5.41) is 2.74. The maximum Gasteiger partial charge on any atom is 0.265 e. The molecule has 0 unspecified atom stereocenters. The first-order valence-corrected chi connectivity index (χ1v) is 10.9. The Morgan fingerprint density at radius 1 is 1.07 bits per heavy atom. The fourth-order valence-corrected chi connectivity index (χ4v) is 4.67. The number of sulfonamides is 1. The molecule has 0 saturated carbocycles. The fourth-order valence-electron chi connectivity index (χ4n) is 3.11. The zero-order valence-corrected chi connectivity index (χ0v) is 17.0. The molecular weight excluding hydrogens is 376 g/mol. The van der Waals surface area contributed by atoms with Crippen molar-refractivity contribution >= 4 is 21.6 Å². The van der Waals surface area contributed by atoms with Gasteiger partial charge >= 0.3 is 0 Å². The summed E-state index contributed by atoms with van der Waals surface area (Å²) < 4.78 is 32.8. The lowest BCUT2D eigenvalue weighted by molar-refractivity contribution is -0.122. The van der Waals surface area contributed by atoms with Crippen LogP contribution in [-0.4, -0.2) is 37.8 Å². The number of nitrogens with one attached hydrogen (secondary N) is 1. The van der Waals surface area contributed by atoms with Crippen molar-refractivity contribution in [3.8, 4) is 5.75 Å². The van der Waals surface area contributed by atoms with Crippen LogP contribution in [0.25, 0.3) is 0 Å². The molecule has 28 heavy (non-hydrogen) atoms. The van der Waals surface area contributed by atoms with Gasteiger partial charge in [-0.25, -0.2) is 8.42 Å². The number of ether oxygens (including phenoxy) is 1. The predicted octanol–water partition coefficient (Wildman–Crippen LogP) is 3.58. The molecule has 3 rings (SSSR count). The van der Waals surface area contributed by atoms with Gasteiger partial charge in [0, 0.05) is 18.8 Å². The van der Waals surface area contributed by atoms with Gasteiger partial charge in [-0.1, -0.05) is 30.2 Å². The number of aryl methyl sites for hydroxylation is 1. The SMILES string of the molecule is Cc1ccc(O[C@H](C)C(=O)Nc2cccc(S(=O)(=O)N3CCCCC3)c2)cc1. The van der Waals surface area contributed by atoms with Gasteiger partial charge in [-0.15, -0.1) is 0 Å². The van der Waals surface area contributed by atoms with E-state index in [0.29, 0.717) is 24.5 Å². The van der Waals surface area contributed by atoms with Crippen molar-refractivity contribution in [1.29, 1.82) is 0 Å². The number of benzene rings is 2. The van der Waals surface area contributed by atoms with Crippen LogP contribution in [0.2, 0.25) is 0 Å². The number of piperidine rings is 1. The normalized spacial score (nSPS) is 16.4. The molecule has 1 atom stereocenters. The minimum atomic E-state index is -3.54. The Bertz CT molecular complexity index is 920. The molecule has 1 heterocycles. The minimum Gasteiger partial charge on any atom is -0.481 e. The Kier molecular flexibility index (Phi) is 6.36. The number of carbonyl (C=O) groups excluding carboxylic acids is 1. The highest BCUT2D eigenvalue weighted by atomic mass is 32.2. The van der Waals surface area contributed by atoms with Gasteiger partial charge < -0.3 is 10.1 Å². The molecule has 0 aliphatic carbocycles. The van der Waals surface area contributed by atoms with Crippen molar-refractivity contribution < 1.29 is 17.9 Å². The maximum absolute atomic E-state index is 12.8. The van der Waals surface area contributed by atoms with Crippen molar-refractivity contribution in [2.24, 2.45) is 0 Å². The average molecular weight is 403 g/mol. The van der Waals surface area contributed by atoms with E-state index < -0.39 is 16.1 Å². The van der Waals surface area contributed by atoms with Crippen molar-refractivity contribution in [3.63, 3.8) is 0 Å². The first kappa shape index (κ1) is 20.4. The topological polar surface area (TPSA) is 75.7 Å². The van der Waals surface area contributed by atoms with Gasteiger partial charge in [0.15, 0.2) is 6.10 Å². The number of hydrogen-bond donors (Lipinski definition) is 1. The van der Waals surface area contributed by atoms with E-state index in [9.17, 15) is 13.2 Å². The molecular formula is C21H26N2O4S. The first-order valence-electron chi connectivity index (χ1n) is 9.51. The van der Waals surface area contributed by atoms with Crippen LogP contribution in [0.3, 0.4) is 0 Å². The summed E-state index contributed by atoms with van der Waals surface area (Å²) in [6.07, 6.45) is 2.10. The highest BCUT2D eigenvalue weighted by Gasteiger charge is 2.26. The van der Waals surface area contributed by atoms with Crippen LogP contribution in [0.5, 0.6) is 5.75 Å². The number of amides is 1. The lowest BCUT2D eigenvalue weighted by Crippen LogP contribution is -2.35. The lowest BCUT2D eigenvalue weighted by atomic mass is 10.2. The van der Waals surface area contributed by atoms with Crippen LogP contribution in [0.15, 0.2) is 53.4 Å². The van der Waals surface area contributed by atoms with E-state index in [-0.39, 0.29) is 10.8 Å². The lowest BCUT2D eigenvalue weighted by Gasteiger charge is -2.26. The van der Waals surface area contributed by atoms with Crippen LogP contribution in [0.4, 0.5) is 5.69 Å². The van der Waals surface area contributed by atoms with E-state index in [1.54, 1.807) is 25.1 Å². The number of nitrogens with zero attached hydrogens (tertiary/aromatic N) is 1. The summed E-state index contributed by atoms with van der Waals surface area (Å²) in [5.41, 5.74) is 1.54. The zero-order chi connectivity index (χ0) is 20.1. The molecule has 7 heteroatoms. The summed E-state index contributed by atoms with van der Waals surface area (Å²) in [6.45, 7) is 4.72. The summed E-state index contributed by atoms with van der Waals surface area (Å²) in [6, 6.07) is 13.8. The molecule has 150 valence electrons. The van der Waals surface area contributed by atoms with Crippen molar-refractivity contribution in [2.45, 2.75) is 44.1 Å². The Hall–Kier alpha value is -2.38. The molecule has 0 radical (unpaired) electrons. The predicted molar refractivity (Wildman–Crippen MR) is 109 cm³/mol. The Balaban J connectivity index is 1.68. The zero-order valence-electron chi connectivity index (χ0n) is 16.2. The molecule has 0 spiro atoms. The van der Waals surface area contributed by atoms with E-state index >= 15 is 0 Å². The number of carbonyl (C=O) groups is 1. The van der Waals surface area contributed by atoms with Gasteiger partial charge in [0.1, 0.15) is 5.75 Å². The molecule has 1 N–H and O–H groups in total. The summed E-state index contributed by atoms with van der Waals surface area (Å²) in [4.78, 5) is 12.6. The van der Waals surface area contributed by atoms with E-state index in [2.05, 4.69) is 5.32 Å². The molecule has 1 fully saturated rings. The molecule has 2 aromatic carbocycles. The van der Waals surface area contributed by atoms with Crippen LogP contribution in [0, 0.1) is 6.92 Å². The number of anilines is 1. The molecule has 1 saturated heterocycles. The van der Waals surface area contributed by atoms with Gasteiger partial charge in [-0.2, -0.15) is 4.31 Å². The first-order chi connectivity index (χ1) is 13.4. The van der Waals surface area contributed by atoms with Gasteiger partial charge in [-0.05, 0) is 57.0 Å². The average Bonchev–Trinajstić information content (AvgIpc) is 2.70. The third kappa shape index (κ3) is 4.91. The summed E-state index contributed by atoms with van der Waals surface area (Å²) in [7, 11) is -3.54. The van der Waals surface area contributed by atoms with Gasteiger partial charge in [0.2, 0.25) is 10.0 Å². The second-order valence-corrected chi connectivity index (χ2v) is 8.99. The molecule has 6 nitrogen and oxygen atoms in total. The Morgan fingerprint density at radius 2 is 1.75 bits per heavy atom. The van der Waals surface area contributed by atoms with Gasteiger partial charge in [0.05, 0.1) is 4.90 Å². The van der Waals surface area contributed by atoms with E-state index in [0.717, 1.165) is 24.8 Å². The van der Waals surface area contributed by atoms with Crippen LogP contribution >= 0.6 is 0 Å². The fraction of sp³-hybridized carbons (Fsp3) is 0.381. The quantitative estimate of drug-likeness (QED) is 0.801. The third-order valence-corrected chi connectivity index (χ3v) is 6.65. The second kappa shape index (κ2) is 8.75. The van der Waals surface area contributed by atoms with Crippen molar-refractivity contribution in [2.75, 3.05) is 18.4 Å². The molecule has 2 aromatic rings.